The number of furan rings is 2. The average Bonchev–Trinajstić information content (AvgIpc) is 3.65. The number of hydrogen-bond donors (Lipinski definition) is 1. The number of aromatic nitrogens is 5. The highest BCUT2D eigenvalue weighted by molar-refractivity contribution is 5.79. The molecule has 4 aromatic heterocycles. The summed E-state index contributed by atoms with van der Waals surface area (Å²) in [5, 5.41) is 13.5. The minimum atomic E-state index is -0.151. The molecule has 9 nitrogen and oxygen atoms in total. The molecule has 0 amide bonds. The van der Waals surface area contributed by atoms with E-state index >= 15 is 0 Å². The van der Waals surface area contributed by atoms with E-state index in [-0.39, 0.29) is 11.6 Å². The van der Waals surface area contributed by atoms with Crippen LogP contribution in [-0.4, -0.2) is 30.1 Å². The molecule has 0 aliphatic heterocycles. The largest absolute Gasteiger partial charge is 0.468 e. The van der Waals surface area contributed by atoms with Crippen LogP contribution in [0, 0.1) is 0 Å². The molecule has 9 heteroatoms. The predicted octanol–water partition coefficient (Wildman–Crippen LogP) is 4.46. The summed E-state index contributed by atoms with van der Waals surface area (Å²) in [5.41, 5.74) is 2.64. The second-order valence-corrected chi connectivity index (χ2v) is 8.58. The molecule has 5 aromatic rings. The van der Waals surface area contributed by atoms with Crippen LogP contribution in [0.5, 0.6) is 0 Å². The van der Waals surface area contributed by atoms with E-state index in [9.17, 15) is 4.79 Å². The summed E-state index contributed by atoms with van der Waals surface area (Å²) < 4.78 is 12.9. The van der Waals surface area contributed by atoms with E-state index < -0.39 is 0 Å². The predicted molar refractivity (Wildman–Crippen MR) is 131 cm³/mol. The minimum absolute atomic E-state index is 0.101. The molecule has 0 aliphatic rings. The smallest absolute Gasteiger partial charge is 0.252 e. The number of fused-ring (bicyclic) bond motifs is 1. The lowest BCUT2D eigenvalue weighted by Crippen LogP contribution is -2.32. The van der Waals surface area contributed by atoms with Gasteiger partial charge in [-0.05, 0) is 76.7 Å². The molecule has 0 bridgehead atoms. The zero-order valence-corrected chi connectivity index (χ0v) is 19.8. The SMILES string of the molecule is CCc1ccc2[nH]c(=O)c(CN(Cc3ccco3)[C@@H](CC)c3nnnn3Cc3ccco3)cc2c1. The number of rotatable bonds is 10. The van der Waals surface area contributed by atoms with Crippen LogP contribution in [0.2, 0.25) is 0 Å². The summed E-state index contributed by atoms with van der Waals surface area (Å²) >= 11 is 0. The van der Waals surface area contributed by atoms with Gasteiger partial charge in [0.05, 0.1) is 25.1 Å². The molecule has 0 saturated carbocycles. The summed E-state index contributed by atoms with van der Waals surface area (Å²) in [4.78, 5) is 18.3. The average molecular weight is 473 g/mol. The molecule has 35 heavy (non-hydrogen) atoms. The Morgan fingerprint density at radius 1 is 1.03 bits per heavy atom. The van der Waals surface area contributed by atoms with Crippen LogP contribution < -0.4 is 5.56 Å². The van der Waals surface area contributed by atoms with Gasteiger partial charge in [-0.15, -0.1) is 5.10 Å². The van der Waals surface area contributed by atoms with Crippen molar-refractivity contribution in [3.05, 3.63) is 99.9 Å². The van der Waals surface area contributed by atoms with E-state index in [1.165, 1.54) is 5.56 Å². The molecule has 0 radical (unpaired) electrons. The summed E-state index contributed by atoms with van der Waals surface area (Å²) in [5.74, 6) is 2.28. The molecule has 0 aliphatic carbocycles. The molecule has 1 N–H and O–H groups in total. The lowest BCUT2D eigenvalue weighted by molar-refractivity contribution is 0.149. The van der Waals surface area contributed by atoms with E-state index in [1.54, 1.807) is 17.2 Å². The van der Waals surface area contributed by atoms with Gasteiger partial charge in [-0.25, -0.2) is 4.68 Å². The first-order valence-electron chi connectivity index (χ1n) is 11.8. The maximum atomic E-state index is 13.0. The molecule has 5 rings (SSSR count). The standard InChI is InChI=1S/C26H28N6O3/c1-3-18-9-10-23-19(13-18)14-20(26(33)27-23)15-31(16-21-7-5-11-34-21)24(4-2)25-28-29-30-32(25)17-22-8-6-12-35-22/h5-14,24H,3-4,15-17H2,1-2H3,(H,27,33)/t24-/m0/s1. The molecule has 1 aromatic carbocycles. The summed E-state index contributed by atoms with van der Waals surface area (Å²) in [7, 11) is 0. The molecular formula is C26H28N6O3. The van der Waals surface area contributed by atoms with Crippen molar-refractivity contribution in [2.75, 3.05) is 0 Å². The van der Waals surface area contributed by atoms with E-state index in [1.807, 2.05) is 42.5 Å². The number of aryl methyl sites for hydroxylation is 1. The first-order chi connectivity index (χ1) is 17.1. The Balaban J connectivity index is 1.51. The number of hydrogen-bond acceptors (Lipinski definition) is 7. The van der Waals surface area contributed by atoms with Gasteiger partial charge in [0.1, 0.15) is 18.1 Å². The normalized spacial score (nSPS) is 12.5. The van der Waals surface area contributed by atoms with Gasteiger partial charge >= 0.3 is 0 Å². The van der Waals surface area contributed by atoms with E-state index in [4.69, 9.17) is 8.83 Å². The third-order valence-electron chi connectivity index (χ3n) is 6.28. The van der Waals surface area contributed by atoms with Crippen molar-refractivity contribution < 1.29 is 8.83 Å². The fraction of sp³-hybridized carbons (Fsp3) is 0.308. The van der Waals surface area contributed by atoms with Crippen LogP contribution in [0.25, 0.3) is 10.9 Å². The third kappa shape index (κ3) is 4.95. The highest BCUT2D eigenvalue weighted by Gasteiger charge is 2.27. The number of H-pyrrole nitrogens is 1. The van der Waals surface area contributed by atoms with Crippen LogP contribution in [0.3, 0.4) is 0 Å². The fourth-order valence-electron chi connectivity index (χ4n) is 4.45. The number of pyridine rings is 1. The summed E-state index contributed by atoms with van der Waals surface area (Å²) in [6, 6.07) is 15.5. The maximum absolute atomic E-state index is 13.0. The topological polar surface area (TPSA) is 106 Å². The van der Waals surface area contributed by atoms with Crippen LogP contribution in [0.1, 0.15) is 54.8 Å². The first kappa shape index (κ1) is 22.8. The Morgan fingerprint density at radius 2 is 1.83 bits per heavy atom. The van der Waals surface area contributed by atoms with Crippen molar-refractivity contribution in [2.45, 2.75) is 52.4 Å². The lowest BCUT2D eigenvalue weighted by Gasteiger charge is -2.29. The number of nitrogens with zero attached hydrogens (tertiary/aromatic N) is 5. The van der Waals surface area contributed by atoms with Gasteiger partial charge in [-0.3, -0.25) is 9.69 Å². The molecule has 180 valence electrons. The zero-order chi connectivity index (χ0) is 24.2. The second kappa shape index (κ2) is 10.1. The van der Waals surface area contributed by atoms with E-state index in [0.29, 0.717) is 31.0 Å². The molecule has 1 atom stereocenters. The van der Waals surface area contributed by atoms with Gasteiger partial charge in [0.25, 0.3) is 5.56 Å². The van der Waals surface area contributed by atoms with Crippen LogP contribution in [0.15, 0.2) is 74.7 Å². The highest BCUT2D eigenvalue weighted by Crippen LogP contribution is 2.27. The van der Waals surface area contributed by atoms with Gasteiger partial charge in [0.15, 0.2) is 5.82 Å². The van der Waals surface area contributed by atoms with Crippen LogP contribution in [-0.2, 0) is 26.1 Å². The fourth-order valence-corrected chi connectivity index (χ4v) is 4.45. The maximum Gasteiger partial charge on any atom is 0.252 e. The van der Waals surface area contributed by atoms with Crippen molar-refractivity contribution in [3.63, 3.8) is 0 Å². The third-order valence-corrected chi connectivity index (χ3v) is 6.28. The van der Waals surface area contributed by atoms with Crippen LogP contribution in [0.4, 0.5) is 0 Å². The number of tetrazole rings is 1. The quantitative estimate of drug-likeness (QED) is 0.320. The van der Waals surface area contributed by atoms with Crippen molar-refractivity contribution in [1.29, 1.82) is 0 Å². The Morgan fingerprint density at radius 3 is 2.54 bits per heavy atom. The van der Waals surface area contributed by atoms with Crippen LogP contribution >= 0.6 is 0 Å². The van der Waals surface area contributed by atoms with Crippen molar-refractivity contribution >= 4 is 10.9 Å². The van der Waals surface area contributed by atoms with Gasteiger partial charge in [-0.2, -0.15) is 0 Å². The lowest BCUT2D eigenvalue weighted by atomic mass is 10.1. The highest BCUT2D eigenvalue weighted by atomic mass is 16.3. The van der Waals surface area contributed by atoms with Gasteiger partial charge in [0.2, 0.25) is 0 Å². The molecular weight excluding hydrogens is 444 g/mol. The molecule has 0 unspecified atom stereocenters. The Bertz CT molecular complexity index is 1440. The number of aromatic amines is 1. The van der Waals surface area contributed by atoms with Gasteiger partial charge in [0, 0.05) is 17.6 Å². The first-order valence-corrected chi connectivity index (χ1v) is 11.8. The Labute approximate surface area is 202 Å². The molecule has 4 heterocycles. The van der Waals surface area contributed by atoms with Crippen molar-refractivity contribution in [2.24, 2.45) is 0 Å². The van der Waals surface area contributed by atoms with E-state index in [0.717, 1.165) is 35.3 Å². The van der Waals surface area contributed by atoms with E-state index in [2.05, 4.69) is 45.3 Å². The van der Waals surface area contributed by atoms with Crippen molar-refractivity contribution in [1.82, 2.24) is 30.1 Å². The summed E-state index contributed by atoms with van der Waals surface area (Å²) in [6.07, 6.45) is 4.97. The number of nitrogens with one attached hydrogen (secondary N) is 1. The second-order valence-electron chi connectivity index (χ2n) is 8.58. The molecule has 0 saturated heterocycles. The molecule has 0 fully saturated rings. The molecule has 0 spiro atoms. The summed E-state index contributed by atoms with van der Waals surface area (Å²) in [6.45, 7) is 5.55. The van der Waals surface area contributed by atoms with Gasteiger partial charge < -0.3 is 13.8 Å². The van der Waals surface area contributed by atoms with Gasteiger partial charge in [-0.1, -0.05) is 19.9 Å². The van der Waals surface area contributed by atoms with Crippen molar-refractivity contribution in [3.8, 4) is 0 Å². The number of benzene rings is 1. The Hall–Kier alpha value is -3.98. The Kier molecular flexibility index (Phi) is 6.58. The minimum Gasteiger partial charge on any atom is -0.468 e. The zero-order valence-electron chi connectivity index (χ0n) is 19.8. The monoisotopic (exact) mass is 472 g/mol.